The minimum atomic E-state index is -0.0964. The summed E-state index contributed by atoms with van der Waals surface area (Å²) in [7, 11) is 0. The third-order valence-electron chi connectivity index (χ3n) is 3.42. The number of esters is 1. The van der Waals surface area contributed by atoms with Gasteiger partial charge in [0.1, 0.15) is 0 Å². The van der Waals surface area contributed by atoms with Crippen LogP contribution in [0.25, 0.3) is 0 Å². The van der Waals surface area contributed by atoms with Crippen LogP contribution in [0.15, 0.2) is 11.6 Å². The maximum absolute atomic E-state index is 11.3. The number of rotatable bonds is 3. The summed E-state index contributed by atoms with van der Waals surface area (Å²) in [5, 5.41) is 0. The van der Waals surface area contributed by atoms with Crippen LogP contribution < -0.4 is 0 Å². The van der Waals surface area contributed by atoms with Crippen LogP contribution in [0, 0.1) is 11.3 Å². The summed E-state index contributed by atoms with van der Waals surface area (Å²) in [6.45, 7) is 8.96. The van der Waals surface area contributed by atoms with E-state index < -0.39 is 0 Å². The summed E-state index contributed by atoms with van der Waals surface area (Å²) in [4.78, 5) is 11.3. The Morgan fingerprint density at radius 2 is 2.29 bits per heavy atom. The molecule has 1 atom stereocenters. The van der Waals surface area contributed by atoms with Crippen LogP contribution in [0.4, 0.5) is 0 Å². The van der Waals surface area contributed by atoms with Crippen molar-refractivity contribution in [3.63, 3.8) is 0 Å². The Hall–Kier alpha value is -0.790. The highest BCUT2D eigenvalue weighted by Gasteiger charge is 2.34. The highest BCUT2D eigenvalue weighted by Crippen LogP contribution is 2.44. The van der Waals surface area contributed by atoms with E-state index >= 15 is 0 Å². The number of ether oxygens (including phenoxy) is 1. The fourth-order valence-electron chi connectivity index (χ4n) is 1.86. The summed E-state index contributed by atoms with van der Waals surface area (Å²) in [6, 6.07) is 0. The van der Waals surface area contributed by atoms with Gasteiger partial charge in [-0.1, -0.05) is 32.4 Å². The van der Waals surface area contributed by atoms with E-state index in [2.05, 4.69) is 26.8 Å². The standard InChI is InChI=1S/C12H20O2/c1-5-14-11(13)8-10-7-6-9(2)12(10,3)4/h7,9H,5-6,8H2,1-4H3. The van der Waals surface area contributed by atoms with Gasteiger partial charge < -0.3 is 4.74 Å². The zero-order valence-corrected chi connectivity index (χ0v) is 9.59. The molecule has 80 valence electrons. The van der Waals surface area contributed by atoms with Crippen molar-refractivity contribution >= 4 is 5.97 Å². The SMILES string of the molecule is CCOC(=O)CC1=CCC(C)C1(C)C. The van der Waals surface area contributed by atoms with Crippen molar-refractivity contribution in [3.8, 4) is 0 Å². The molecule has 0 saturated carbocycles. The molecule has 0 spiro atoms. The average molecular weight is 196 g/mol. The van der Waals surface area contributed by atoms with Gasteiger partial charge in [-0.25, -0.2) is 0 Å². The molecule has 1 rings (SSSR count). The molecule has 0 saturated heterocycles. The van der Waals surface area contributed by atoms with Gasteiger partial charge in [0.15, 0.2) is 0 Å². The van der Waals surface area contributed by atoms with E-state index in [-0.39, 0.29) is 11.4 Å². The Bertz CT molecular complexity index is 251. The Labute approximate surface area is 86.3 Å². The van der Waals surface area contributed by atoms with E-state index in [0.29, 0.717) is 18.9 Å². The highest BCUT2D eigenvalue weighted by atomic mass is 16.5. The van der Waals surface area contributed by atoms with Crippen LogP contribution in [0.2, 0.25) is 0 Å². The van der Waals surface area contributed by atoms with E-state index in [1.54, 1.807) is 0 Å². The predicted molar refractivity (Wildman–Crippen MR) is 56.9 cm³/mol. The average Bonchev–Trinajstić information content (AvgIpc) is 2.32. The lowest BCUT2D eigenvalue weighted by Crippen LogP contribution is -2.21. The van der Waals surface area contributed by atoms with Crippen molar-refractivity contribution in [2.24, 2.45) is 11.3 Å². The Morgan fingerprint density at radius 1 is 1.64 bits per heavy atom. The van der Waals surface area contributed by atoms with Crippen LogP contribution in [0.1, 0.15) is 40.5 Å². The molecule has 0 aliphatic heterocycles. The Kier molecular flexibility index (Phi) is 3.35. The molecule has 2 nitrogen and oxygen atoms in total. The van der Waals surface area contributed by atoms with Crippen LogP contribution in [0.3, 0.4) is 0 Å². The first-order valence-corrected chi connectivity index (χ1v) is 5.33. The predicted octanol–water partition coefficient (Wildman–Crippen LogP) is 2.93. The topological polar surface area (TPSA) is 26.3 Å². The lowest BCUT2D eigenvalue weighted by molar-refractivity contribution is -0.142. The molecule has 1 unspecified atom stereocenters. The smallest absolute Gasteiger partial charge is 0.309 e. The lowest BCUT2D eigenvalue weighted by Gasteiger charge is -2.27. The van der Waals surface area contributed by atoms with Crippen LogP contribution >= 0.6 is 0 Å². The molecule has 0 bridgehead atoms. The van der Waals surface area contributed by atoms with Gasteiger partial charge in [0.25, 0.3) is 0 Å². The minimum absolute atomic E-state index is 0.0964. The summed E-state index contributed by atoms with van der Waals surface area (Å²) < 4.78 is 4.95. The molecule has 0 fully saturated rings. The Morgan fingerprint density at radius 3 is 2.71 bits per heavy atom. The molecule has 0 aromatic rings. The summed E-state index contributed by atoms with van der Waals surface area (Å²) in [5.41, 5.74) is 1.40. The van der Waals surface area contributed by atoms with Crippen molar-refractivity contribution in [1.29, 1.82) is 0 Å². The maximum atomic E-state index is 11.3. The molecule has 0 heterocycles. The first-order chi connectivity index (χ1) is 6.48. The third-order valence-corrected chi connectivity index (χ3v) is 3.42. The Balaban J connectivity index is 2.58. The van der Waals surface area contributed by atoms with Gasteiger partial charge in [0.05, 0.1) is 13.0 Å². The van der Waals surface area contributed by atoms with Crippen molar-refractivity contribution in [3.05, 3.63) is 11.6 Å². The van der Waals surface area contributed by atoms with E-state index in [9.17, 15) is 4.79 Å². The zero-order valence-electron chi connectivity index (χ0n) is 9.59. The minimum Gasteiger partial charge on any atom is -0.466 e. The van der Waals surface area contributed by atoms with Gasteiger partial charge in [-0.3, -0.25) is 4.79 Å². The monoisotopic (exact) mass is 196 g/mol. The number of carbonyl (C=O) groups is 1. The molecule has 1 aliphatic rings. The second-order valence-electron chi connectivity index (χ2n) is 4.57. The number of hydrogen-bond donors (Lipinski definition) is 0. The van der Waals surface area contributed by atoms with E-state index in [1.165, 1.54) is 5.57 Å². The first-order valence-electron chi connectivity index (χ1n) is 5.33. The normalized spacial score (nSPS) is 24.6. The molecule has 0 radical (unpaired) electrons. The van der Waals surface area contributed by atoms with Crippen molar-refractivity contribution in [2.75, 3.05) is 6.61 Å². The second-order valence-corrected chi connectivity index (χ2v) is 4.57. The number of allylic oxidation sites excluding steroid dienone is 1. The molecular formula is C12H20O2. The van der Waals surface area contributed by atoms with Gasteiger partial charge in [0, 0.05) is 0 Å². The van der Waals surface area contributed by atoms with Gasteiger partial charge >= 0.3 is 5.97 Å². The van der Waals surface area contributed by atoms with E-state index in [0.717, 1.165) is 6.42 Å². The third kappa shape index (κ3) is 2.17. The lowest BCUT2D eigenvalue weighted by atomic mass is 9.77. The number of carbonyl (C=O) groups excluding carboxylic acids is 1. The first kappa shape index (κ1) is 11.3. The molecular weight excluding hydrogens is 176 g/mol. The largest absolute Gasteiger partial charge is 0.466 e. The fourth-order valence-corrected chi connectivity index (χ4v) is 1.86. The van der Waals surface area contributed by atoms with Gasteiger partial charge in [-0.05, 0) is 24.7 Å². The van der Waals surface area contributed by atoms with Gasteiger partial charge in [-0.15, -0.1) is 0 Å². The molecule has 2 heteroatoms. The summed E-state index contributed by atoms with van der Waals surface area (Å²) in [5.74, 6) is 0.535. The van der Waals surface area contributed by atoms with Gasteiger partial charge in [0.2, 0.25) is 0 Å². The molecule has 14 heavy (non-hydrogen) atoms. The highest BCUT2D eigenvalue weighted by molar-refractivity contribution is 5.73. The van der Waals surface area contributed by atoms with E-state index in [4.69, 9.17) is 4.74 Å². The number of hydrogen-bond acceptors (Lipinski definition) is 2. The summed E-state index contributed by atoms with van der Waals surface area (Å²) in [6.07, 6.45) is 3.74. The van der Waals surface area contributed by atoms with E-state index in [1.807, 2.05) is 6.92 Å². The fraction of sp³-hybridized carbons (Fsp3) is 0.750. The van der Waals surface area contributed by atoms with Crippen molar-refractivity contribution in [1.82, 2.24) is 0 Å². The molecule has 0 amide bonds. The second kappa shape index (κ2) is 4.16. The molecule has 1 aliphatic carbocycles. The zero-order chi connectivity index (χ0) is 10.8. The van der Waals surface area contributed by atoms with Crippen LogP contribution in [-0.2, 0) is 9.53 Å². The molecule has 0 aromatic heterocycles. The van der Waals surface area contributed by atoms with Crippen molar-refractivity contribution in [2.45, 2.75) is 40.5 Å². The maximum Gasteiger partial charge on any atom is 0.309 e. The molecule has 0 aromatic carbocycles. The molecule has 0 N–H and O–H groups in total. The summed E-state index contributed by atoms with van der Waals surface area (Å²) >= 11 is 0. The van der Waals surface area contributed by atoms with Crippen molar-refractivity contribution < 1.29 is 9.53 Å². The quantitative estimate of drug-likeness (QED) is 0.512. The van der Waals surface area contributed by atoms with Gasteiger partial charge in [-0.2, -0.15) is 0 Å². The van der Waals surface area contributed by atoms with Crippen LogP contribution in [-0.4, -0.2) is 12.6 Å². The van der Waals surface area contributed by atoms with Crippen LogP contribution in [0.5, 0.6) is 0 Å².